The van der Waals surface area contributed by atoms with Gasteiger partial charge >= 0.3 is 0 Å². The quantitative estimate of drug-likeness (QED) is 0.811. The van der Waals surface area contributed by atoms with Crippen molar-refractivity contribution in [3.8, 4) is 0 Å². The highest BCUT2D eigenvalue weighted by Crippen LogP contribution is 2.27. The number of aryl methyl sites for hydroxylation is 1. The van der Waals surface area contributed by atoms with Gasteiger partial charge in [0, 0.05) is 0 Å². The summed E-state index contributed by atoms with van der Waals surface area (Å²) in [5, 5.41) is 14.5. The molecule has 0 radical (unpaired) electrons. The number of hydrogen-bond acceptors (Lipinski definition) is 5. The highest BCUT2D eigenvalue weighted by atomic mass is 16.2. The van der Waals surface area contributed by atoms with Gasteiger partial charge in [-0.05, 0) is 25.0 Å². The molecule has 0 saturated carbocycles. The molecule has 1 fully saturated rings. The first-order valence-electron chi connectivity index (χ1n) is 6.77. The highest BCUT2D eigenvalue weighted by molar-refractivity contribution is 5.99. The van der Waals surface area contributed by atoms with Crippen molar-refractivity contribution in [2.24, 2.45) is 7.05 Å². The van der Waals surface area contributed by atoms with E-state index >= 15 is 0 Å². The second kappa shape index (κ2) is 5.18. The van der Waals surface area contributed by atoms with E-state index in [9.17, 15) is 9.59 Å². The Balaban J connectivity index is 2.32. The third-order valence-electron chi connectivity index (χ3n) is 3.90. The second-order valence-electron chi connectivity index (χ2n) is 5.18. The maximum atomic E-state index is 12.5. The molecular formula is C12H20N6O2. The predicted molar refractivity (Wildman–Crippen MR) is 70.3 cm³/mol. The van der Waals surface area contributed by atoms with Crippen LogP contribution in [-0.2, 0) is 23.2 Å². The Labute approximate surface area is 117 Å². The molecule has 1 saturated heterocycles. The maximum Gasteiger partial charge on any atom is 0.246 e. The molecule has 2 unspecified atom stereocenters. The minimum Gasteiger partial charge on any atom is -0.342 e. The Morgan fingerprint density at radius 3 is 2.55 bits per heavy atom. The molecule has 0 aromatic carbocycles. The third kappa shape index (κ3) is 2.25. The Morgan fingerprint density at radius 1 is 1.35 bits per heavy atom. The molecule has 1 N–H and O–H groups in total. The van der Waals surface area contributed by atoms with Crippen molar-refractivity contribution in [3.63, 3.8) is 0 Å². The topological polar surface area (TPSA) is 93.0 Å². The minimum atomic E-state index is -0.873. The Kier molecular flexibility index (Phi) is 3.74. The lowest BCUT2D eigenvalue weighted by Crippen LogP contribution is -2.68. The summed E-state index contributed by atoms with van der Waals surface area (Å²) >= 11 is 0. The zero-order valence-corrected chi connectivity index (χ0v) is 12.3. The first kappa shape index (κ1) is 14.4. The number of carbonyl (C=O) groups excluding carboxylic acids is 2. The lowest BCUT2D eigenvalue weighted by Gasteiger charge is -2.45. The molecule has 2 amide bonds. The van der Waals surface area contributed by atoms with Crippen molar-refractivity contribution >= 4 is 11.8 Å². The van der Waals surface area contributed by atoms with Crippen LogP contribution in [0.5, 0.6) is 0 Å². The van der Waals surface area contributed by atoms with E-state index in [2.05, 4.69) is 20.7 Å². The lowest BCUT2D eigenvalue weighted by molar-refractivity contribution is -0.157. The molecule has 20 heavy (non-hydrogen) atoms. The second-order valence-corrected chi connectivity index (χ2v) is 5.18. The number of carbonyl (C=O) groups is 2. The summed E-state index contributed by atoms with van der Waals surface area (Å²) in [5.41, 5.74) is -0.873. The molecule has 8 nitrogen and oxygen atoms in total. The van der Waals surface area contributed by atoms with Gasteiger partial charge in [-0.15, -0.1) is 10.2 Å². The average molecular weight is 280 g/mol. The van der Waals surface area contributed by atoms with E-state index in [4.69, 9.17) is 0 Å². The van der Waals surface area contributed by atoms with Crippen LogP contribution in [-0.4, -0.2) is 48.5 Å². The van der Waals surface area contributed by atoms with Crippen LogP contribution in [0.15, 0.2) is 0 Å². The van der Waals surface area contributed by atoms with Gasteiger partial charge in [-0.25, -0.2) is 0 Å². The fourth-order valence-electron chi connectivity index (χ4n) is 2.34. The molecule has 8 heteroatoms. The van der Waals surface area contributed by atoms with Crippen LogP contribution in [0.4, 0.5) is 0 Å². The summed E-state index contributed by atoms with van der Waals surface area (Å²) in [4.78, 5) is 27.7. The van der Waals surface area contributed by atoms with Crippen LogP contribution < -0.4 is 5.32 Å². The number of tetrazole rings is 1. The fraction of sp³-hybridized carbons (Fsp3) is 0.750. The van der Waals surface area contributed by atoms with Crippen molar-refractivity contribution < 1.29 is 9.59 Å². The van der Waals surface area contributed by atoms with Gasteiger partial charge in [0.05, 0.1) is 13.6 Å². The fourth-order valence-corrected chi connectivity index (χ4v) is 2.34. The standard InChI is InChI=1S/C12H20N6O2/c1-5-8-10(19)18(7-9-14-16-17(4)15-9)12(3,6-2)11(20)13-8/h8H,5-7H2,1-4H3,(H,13,20). The van der Waals surface area contributed by atoms with E-state index in [0.717, 1.165) is 0 Å². The number of nitrogens with one attached hydrogen (secondary N) is 1. The average Bonchev–Trinajstić information content (AvgIpc) is 2.84. The van der Waals surface area contributed by atoms with E-state index in [1.54, 1.807) is 18.9 Å². The van der Waals surface area contributed by atoms with Crippen LogP contribution >= 0.6 is 0 Å². The van der Waals surface area contributed by atoms with Gasteiger partial charge in [0.15, 0.2) is 5.82 Å². The number of piperazine rings is 1. The van der Waals surface area contributed by atoms with Crippen LogP contribution in [0, 0.1) is 0 Å². The van der Waals surface area contributed by atoms with Gasteiger partial charge in [-0.2, -0.15) is 4.80 Å². The van der Waals surface area contributed by atoms with Gasteiger partial charge < -0.3 is 10.2 Å². The summed E-state index contributed by atoms with van der Waals surface area (Å²) in [6.45, 7) is 5.72. The molecule has 2 rings (SSSR count). The summed E-state index contributed by atoms with van der Waals surface area (Å²) in [5.74, 6) is 0.212. The lowest BCUT2D eigenvalue weighted by atomic mass is 9.90. The highest BCUT2D eigenvalue weighted by Gasteiger charge is 2.48. The largest absolute Gasteiger partial charge is 0.342 e. The molecule has 1 aliphatic rings. The van der Waals surface area contributed by atoms with Gasteiger partial charge in [0.1, 0.15) is 11.6 Å². The van der Waals surface area contributed by atoms with E-state index in [0.29, 0.717) is 18.7 Å². The Morgan fingerprint density at radius 2 is 2.05 bits per heavy atom. The monoisotopic (exact) mass is 280 g/mol. The summed E-state index contributed by atoms with van der Waals surface area (Å²) < 4.78 is 0. The molecule has 1 aromatic heterocycles. The smallest absolute Gasteiger partial charge is 0.246 e. The van der Waals surface area contributed by atoms with Crippen molar-refractivity contribution in [1.29, 1.82) is 0 Å². The van der Waals surface area contributed by atoms with Crippen molar-refractivity contribution in [2.45, 2.75) is 51.7 Å². The van der Waals surface area contributed by atoms with Gasteiger partial charge in [-0.1, -0.05) is 13.8 Å². The van der Waals surface area contributed by atoms with Crippen LogP contribution in [0.1, 0.15) is 39.4 Å². The molecule has 110 valence electrons. The molecule has 0 aliphatic carbocycles. The van der Waals surface area contributed by atoms with E-state index in [1.807, 2.05) is 13.8 Å². The molecule has 0 spiro atoms. The van der Waals surface area contributed by atoms with Crippen molar-refractivity contribution in [3.05, 3.63) is 5.82 Å². The number of aromatic nitrogens is 4. The molecule has 2 heterocycles. The zero-order chi connectivity index (χ0) is 14.9. The predicted octanol–water partition coefficient (Wildman–Crippen LogP) is -0.384. The van der Waals surface area contributed by atoms with Gasteiger partial charge in [0.25, 0.3) is 0 Å². The minimum absolute atomic E-state index is 0.0936. The van der Waals surface area contributed by atoms with Gasteiger partial charge in [-0.3, -0.25) is 9.59 Å². The van der Waals surface area contributed by atoms with Crippen LogP contribution in [0.2, 0.25) is 0 Å². The third-order valence-corrected chi connectivity index (χ3v) is 3.90. The summed E-state index contributed by atoms with van der Waals surface area (Å²) in [6.07, 6.45) is 1.09. The Bertz CT molecular complexity index is 528. The molecule has 1 aromatic rings. The molecular weight excluding hydrogens is 260 g/mol. The summed E-state index contributed by atoms with van der Waals surface area (Å²) in [6, 6.07) is -0.473. The number of nitrogens with zero attached hydrogens (tertiary/aromatic N) is 5. The van der Waals surface area contributed by atoms with Gasteiger partial charge in [0.2, 0.25) is 11.8 Å². The molecule has 2 atom stereocenters. The normalized spacial score (nSPS) is 26.8. The first-order chi connectivity index (χ1) is 9.42. The Hall–Kier alpha value is -1.99. The molecule has 0 bridgehead atoms. The first-order valence-corrected chi connectivity index (χ1v) is 6.77. The zero-order valence-electron chi connectivity index (χ0n) is 12.3. The molecule has 1 aliphatic heterocycles. The summed E-state index contributed by atoms with van der Waals surface area (Å²) in [7, 11) is 1.66. The van der Waals surface area contributed by atoms with Crippen molar-refractivity contribution in [1.82, 2.24) is 30.4 Å². The number of amides is 2. The number of hydrogen-bond donors (Lipinski definition) is 1. The van der Waals surface area contributed by atoms with E-state index in [-0.39, 0.29) is 18.4 Å². The van der Waals surface area contributed by atoms with Crippen LogP contribution in [0.3, 0.4) is 0 Å². The van der Waals surface area contributed by atoms with E-state index < -0.39 is 11.6 Å². The maximum absolute atomic E-state index is 12.5. The van der Waals surface area contributed by atoms with Crippen molar-refractivity contribution in [2.75, 3.05) is 0 Å². The van der Waals surface area contributed by atoms with Crippen LogP contribution in [0.25, 0.3) is 0 Å². The SMILES string of the molecule is CCC1NC(=O)C(C)(CC)N(Cc2nnn(C)n2)C1=O. The van der Waals surface area contributed by atoms with E-state index in [1.165, 1.54) is 4.80 Å². The number of rotatable bonds is 4.